The molecule has 4 heteroatoms. The summed E-state index contributed by atoms with van der Waals surface area (Å²) < 4.78 is 5.76. The monoisotopic (exact) mass is 279 g/mol. The van der Waals surface area contributed by atoms with Gasteiger partial charge in [-0.2, -0.15) is 4.98 Å². The maximum absolute atomic E-state index is 5.76. The average molecular weight is 279 g/mol. The fourth-order valence-corrected chi connectivity index (χ4v) is 1.49. The van der Waals surface area contributed by atoms with Gasteiger partial charge in [-0.25, -0.2) is 4.98 Å². The van der Waals surface area contributed by atoms with Gasteiger partial charge in [-0.1, -0.05) is 48.5 Å². The van der Waals surface area contributed by atoms with Crippen LogP contribution in [0.2, 0.25) is 0 Å². The maximum Gasteiger partial charge on any atom is 0.218 e. The molecule has 0 radical (unpaired) electrons. The van der Waals surface area contributed by atoms with Gasteiger partial charge in [0.15, 0.2) is 0 Å². The average Bonchev–Trinajstić information content (AvgIpc) is 2.32. The molecule has 114 valence electrons. The molecule has 1 N–H and O–H groups in total. The summed E-state index contributed by atoms with van der Waals surface area (Å²) in [6.45, 7) is 16.5. The highest BCUT2D eigenvalue weighted by Gasteiger charge is 2.19. The third-order valence-corrected chi connectivity index (χ3v) is 2.63. The van der Waals surface area contributed by atoms with Crippen molar-refractivity contribution in [3.05, 3.63) is 11.9 Å². The third kappa shape index (κ3) is 5.76. The highest BCUT2D eigenvalue weighted by molar-refractivity contribution is 5.39. The van der Waals surface area contributed by atoms with Crippen molar-refractivity contribution < 1.29 is 4.74 Å². The SMILES string of the molecule is CC(C)CNc1cc(OCC(C)C)nc(C(C)(C)C)n1. The summed E-state index contributed by atoms with van der Waals surface area (Å²) in [6.07, 6.45) is 0. The van der Waals surface area contributed by atoms with Gasteiger partial charge in [0.05, 0.1) is 6.61 Å². The van der Waals surface area contributed by atoms with Crippen molar-refractivity contribution in [2.45, 2.75) is 53.9 Å². The minimum Gasteiger partial charge on any atom is -0.477 e. The minimum absolute atomic E-state index is 0.0918. The molecule has 0 saturated heterocycles. The first-order chi connectivity index (χ1) is 9.18. The van der Waals surface area contributed by atoms with E-state index in [1.807, 2.05) is 6.07 Å². The van der Waals surface area contributed by atoms with Crippen molar-refractivity contribution in [2.75, 3.05) is 18.5 Å². The fourth-order valence-electron chi connectivity index (χ4n) is 1.49. The Labute approximate surface area is 123 Å². The summed E-state index contributed by atoms with van der Waals surface area (Å²) in [4.78, 5) is 9.13. The zero-order valence-corrected chi connectivity index (χ0v) is 13.9. The number of anilines is 1. The molecule has 0 aromatic carbocycles. The van der Waals surface area contributed by atoms with Gasteiger partial charge in [-0.05, 0) is 11.8 Å². The Bertz CT molecular complexity index is 392. The second-order valence-electron chi connectivity index (χ2n) is 7.14. The lowest BCUT2D eigenvalue weighted by Crippen LogP contribution is -2.19. The number of hydrogen-bond donors (Lipinski definition) is 1. The molecule has 0 bridgehead atoms. The van der Waals surface area contributed by atoms with Crippen LogP contribution in [0.5, 0.6) is 5.88 Å². The van der Waals surface area contributed by atoms with Gasteiger partial charge in [-0.3, -0.25) is 0 Å². The predicted molar refractivity (Wildman–Crippen MR) is 84.4 cm³/mol. The van der Waals surface area contributed by atoms with E-state index >= 15 is 0 Å². The van der Waals surface area contributed by atoms with Crippen molar-refractivity contribution in [2.24, 2.45) is 11.8 Å². The summed E-state index contributed by atoms with van der Waals surface area (Å²) in [5.74, 6) is 3.37. The molecule has 0 saturated carbocycles. The Kier molecular flexibility index (Phi) is 5.78. The molecule has 0 aliphatic carbocycles. The lowest BCUT2D eigenvalue weighted by atomic mass is 9.96. The lowest BCUT2D eigenvalue weighted by molar-refractivity contribution is 0.259. The zero-order valence-electron chi connectivity index (χ0n) is 13.9. The normalized spacial score (nSPS) is 12.1. The van der Waals surface area contributed by atoms with Gasteiger partial charge in [0, 0.05) is 18.0 Å². The summed E-state index contributed by atoms with van der Waals surface area (Å²) in [5, 5.41) is 3.35. The van der Waals surface area contributed by atoms with Gasteiger partial charge in [0.2, 0.25) is 5.88 Å². The number of nitrogens with zero attached hydrogens (tertiary/aromatic N) is 2. The summed E-state index contributed by atoms with van der Waals surface area (Å²) in [5.41, 5.74) is -0.0918. The van der Waals surface area contributed by atoms with Crippen LogP contribution in [0.15, 0.2) is 6.07 Å². The largest absolute Gasteiger partial charge is 0.477 e. The smallest absolute Gasteiger partial charge is 0.218 e. The highest BCUT2D eigenvalue weighted by Crippen LogP contribution is 2.23. The highest BCUT2D eigenvalue weighted by atomic mass is 16.5. The zero-order chi connectivity index (χ0) is 15.3. The molecule has 0 spiro atoms. The molecule has 1 aromatic rings. The van der Waals surface area contributed by atoms with Crippen LogP contribution in [-0.2, 0) is 5.41 Å². The molecule has 0 atom stereocenters. The molecule has 20 heavy (non-hydrogen) atoms. The van der Waals surface area contributed by atoms with E-state index in [1.165, 1.54) is 0 Å². The van der Waals surface area contributed by atoms with Crippen molar-refractivity contribution in [1.82, 2.24) is 9.97 Å². The Balaban J connectivity index is 2.95. The van der Waals surface area contributed by atoms with Crippen LogP contribution in [0.4, 0.5) is 5.82 Å². The van der Waals surface area contributed by atoms with Crippen LogP contribution in [0, 0.1) is 11.8 Å². The predicted octanol–water partition coefficient (Wildman–Crippen LogP) is 3.88. The molecule has 1 rings (SSSR count). The van der Waals surface area contributed by atoms with Crippen molar-refractivity contribution in [1.29, 1.82) is 0 Å². The van der Waals surface area contributed by atoms with Crippen molar-refractivity contribution in [3.8, 4) is 5.88 Å². The van der Waals surface area contributed by atoms with Crippen molar-refractivity contribution in [3.63, 3.8) is 0 Å². The second kappa shape index (κ2) is 6.91. The quantitative estimate of drug-likeness (QED) is 0.858. The van der Waals surface area contributed by atoms with Crippen LogP contribution in [-0.4, -0.2) is 23.1 Å². The standard InChI is InChI=1S/C16H29N3O/c1-11(2)9-17-13-8-14(20-10-12(3)4)19-15(18-13)16(5,6)7/h8,11-12H,9-10H2,1-7H3,(H,17,18,19). The Morgan fingerprint density at radius 2 is 1.75 bits per heavy atom. The first kappa shape index (κ1) is 16.7. The van der Waals surface area contributed by atoms with Crippen LogP contribution < -0.4 is 10.1 Å². The van der Waals surface area contributed by atoms with E-state index in [0.717, 1.165) is 18.2 Å². The van der Waals surface area contributed by atoms with Crippen LogP contribution >= 0.6 is 0 Å². The first-order valence-electron chi connectivity index (χ1n) is 7.44. The van der Waals surface area contributed by atoms with Gasteiger partial charge in [-0.15, -0.1) is 0 Å². The van der Waals surface area contributed by atoms with Gasteiger partial charge in [0.1, 0.15) is 11.6 Å². The minimum atomic E-state index is -0.0918. The topological polar surface area (TPSA) is 47.0 Å². The van der Waals surface area contributed by atoms with Crippen molar-refractivity contribution >= 4 is 5.82 Å². The van der Waals surface area contributed by atoms with E-state index in [2.05, 4.69) is 63.8 Å². The number of ether oxygens (including phenoxy) is 1. The molecule has 1 aromatic heterocycles. The van der Waals surface area contributed by atoms with E-state index < -0.39 is 0 Å². The van der Waals surface area contributed by atoms with E-state index in [9.17, 15) is 0 Å². The Morgan fingerprint density at radius 3 is 2.25 bits per heavy atom. The molecule has 4 nitrogen and oxygen atoms in total. The number of rotatable bonds is 6. The second-order valence-corrected chi connectivity index (χ2v) is 7.14. The third-order valence-electron chi connectivity index (χ3n) is 2.63. The first-order valence-corrected chi connectivity index (χ1v) is 7.44. The number of aromatic nitrogens is 2. The van der Waals surface area contributed by atoms with E-state index in [4.69, 9.17) is 4.74 Å². The molecule has 0 amide bonds. The summed E-state index contributed by atoms with van der Waals surface area (Å²) >= 11 is 0. The Morgan fingerprint density at radius 1 is 1.10 bits per heavy atom. The molecule has 0 fully saturated rings. The molecule has 0 aliphatic rings. The Hall–Kier alpha value is -1.32. The maximum atomic E-state index is 5.76. The molecular formula is C16H29N3O. The lowest BCUT2D eigenvalue weighted by Gasteiger charge is -2.19. The van der Waals surface area contributed by atoms with Gasteiger partial charge < -0.3 is 10.1 Å². The molecule has 0 aliphatic heterocycles. The van der Waals surface area contributed by atoms with Crippen LogP contribution in [0.3, 0.4) is 0 Å². The number of nitrogens with one attached hydrogen (secondary N) is 1. The summed E-state index contributed by atoms with van der Waals surface area (Å²) in [6, 6.07) is 1.89. The van der Waals surface area contributed by atoms with Gasteiger partial charge in [0.25, 0.3) is 0 Å². The van der Waals surface area contributed by atoms with Crippen LogP contribution in [0.25, 0.3) is 0 Å². The van der Waals surface area contributed by atoms with E-state index in [-0.39, 0.29) is 5.41 Å². The van der Waals surface area contributed by atoms with Gasteiger partial charge >= 0.3 is 0 Å². The summed E-state index contributed by atoms with van der Waals surface area (Å²) in [7, 11) is 0. The fraction of sp³-hybridized carbons (Fsp3) is 0.750. The molecular weight excluding hydrogens is 250 g/mol. The number of hydrogen-bond acceptors (Lipinski definition) is 4. The van der Waals surface area contributed by atoms with E-state index in [1.54, 1.807) is 0 Å². The molecule has 1 heterocycles. The van der Waals surface area contributed by atoms with Crippen LogP contribution in [0.1, 0.15) is 54.3 Å². The van der Waals surface area contributed by atoms with E-state index in [0.29, 0.717) is 24.3 Å². The molecule has 0 unspecified atom stereocenters.